The summed E-state index contributed by atoms with van der Waals surface area (Å²) in [6.07, 6.45) is -0.768. The van der Waals surface area contributed by atoms with Crippen molar-refractivity contribution in [3.05, 3.63) is 41.9 Å². The average Bonchev–Trinajstić information content (AvgIpc) is 3.53. The van der Waals surface area contributed by atoms with Crippen LogP contribution in [-0.2, 0) is 11.3 Å². The van der Waals surface area contributed by atoms with Gasteiger partial charge in [0.05, 0.1) is 43.3 Å². The van der Waals surface area contributed by atoms with E-state index in [4.69, 9.17) is 0 Å². The predicted molar refractivity (Wildman–Crippen MR) is 140 cm³/mol. The summed E-state index contributed by atoms with van der Waals surface area (Å²) in [4.78, 5) is 34.2. The van der Waals surface area contributed by atoms with Crippen LogP contribution in [0.4, 0.5) is 26.3 Å². The number of amides is 2. The van der Waals surface area contributed by atoms with Gasteiger partial charge in [0.2, 0.25) is 17.7 Å². The Balaban J connectivity index is 1.39. The van der Waals surface area contributed by atoms with Gasteiger partial charge in [0, 0.05) is 25.8 Å². The number of hydrogen-bond acceptors (Lipinski definition) is 6. The molecule has 2 aliphatic rings. The van der Waals surface area contributed by atoms with E-state index in [9.17, 15) is 35.9 Å². The number of nitrogens with one attached hydrogen (secondary N) is 2. The lowest BCUT2D eigenvalue weighted by atomic mass is 9.81. The van der Waals surface area contributed by atoms with Crippen LogP contribution in [0.3, 0.4) is 0 Å². The first-order valence-electron chi connectivity index (χ1n) is 14.3. The summed E-state index contributed by atoms with van der Waals surface area (Å²) in [6.45, 7) is -0.468. The lowest BCUT2D eigenvalue weighted by Crippen LogP contribution is -2.38. The molecule has 3 heterocycles. The number of rotatable bonds is 12. The van der Waals surface area contributed by atoms with Gasteiger partial charge in [-0.2, -0.15) is 23.4 Å². The zero-order chi connectivity index (χ0) is 30.8. The van der Waals surface area contributed by atoms with Crippen molar-refractivity contribution in [3.63, 3.8) is 0 Å². The number of aryl methyl sites for hydroxylation is 1. The summed E-state index contributed by atoms with van der Waals surface area (Å²) in [6, 6.07) is 0.358. The van der Waals surface area contributed by atoms with Crippen LogP contribution < -0.4 is 10.6 Å². The number of carbonyl (C=O) groups excluding carboxylic acids is 2. The Morgan fingerprint density at radius 3 is 2.44 bits per heavy atom. The smallest absolute Gasteiger partial charge is 0.349 e. The van der Waals surface area contributed by atoms with Gasteiger partial charge in [-0.05, 0) is 55.6 Å². The third-order valence-corrected chi connectivity index (χ3v) is 7.93. The van der Waals surface area contributed by atoms with Crippen molar-refractivity contribution in [1.29, 1.82) is 0 Å². The number of halogens is 6. The van der Waals surface area contributed by atoms with E-state index in [1.54, 1.807) is 12.3 Å². The third-order valence-electron chi connectivity index (χ3n) is 7.93. The van der Waals surface area contributed by atoms with Gasteiger partial charge < -0.3 is 10.6 Å². The number of hydrogen-bond donors (Lipinski definition) is 2. The lowest BCUT2D eigenvalue weighted by molar-refractivity contribution is -0.144. The van der Waals surface area contributed by atoms with Crippen molar-refractivity contribution >= 4 is 17.5 Å². The zero-order valence-corrected chi connectivity index (χ0v) is 23.2. The molecule has 0 radical (unpaired) electrons. The molecule has 43 heavy (non-hydrogen) atoms. The Morgan fingerprint density at radius 2 is 1.77 bits per heavy atom. The maximum Gasteiger partial charge on any atom is 0.389 e. The van der Waals surface area contributed by atoms with Gasteiger partial charge in [0.25, 0.3) is 5.91 Å². The molecular weight excluding hydrogens is 582 g/mol. The fourth-order valence-electron chi connectivity index (χ4n) is 5.48. The monoisotopic (exact) mass is 614 g/mol. The predicted octanol–water partition coefficient (Wildman–Crippen LogP) is 4.89. The zero-order valence-electron chi connectivity index (χ0n) is 23.2. The molecule has 2 atom stereocenters. The Labute approximate surface area is 242 Å². The number of nitrogens with zero attached hydrogens (tertiary/aromatic N) is 6. The van der Waals surface area contributed by atoms with Crippen LogP contribution in [0.25, 0.3) is 5.65 Å². The van der Waals surface area contributed by atoms with Crippen LogP contribution in [-0.4, -0.2) is 60.0 Å². The summed E-state index contributed by atoms with van der Waals surface area (Å²) in [5.41, 5.74) is 1.31. The van der Waals surface area contributed by atoms with Crippen molar-refractivity contribution in [2.45, 2.75) is 88.5 Å². The Bertz CT molecular complexity index is 1430. The highest BCUT2D eigenvalue weighted by Crippen LogP contribution is 2.43. The van der Waals surface area contributed by atoms with E-state index in [1.165, 1.54) is 21.7 Å². The molecule has 2 N–H and O–H groups in total. The van der Waals surface area contributed by atoms with Crippen molar-refractivity contribution in [1.82, 2.24) is 40.0 Å². The van der Waals surface area contributed by atoms with Gasteiger partial charge in [0.1, 0.15) is 6.33 Å². The van der Waals surface area contributed by atoms with Crippen LogP contribution in [0.2, 0.25) is 0 Å². The molecule has 0 aromatic carbocycles. The molecule has 2 aliphatic carbocycles. The molecule has 1 unspecified atom stereocenters. The number of carbonyl (C=O) groups is 2. The number of imidazole rings is 1. The van der Waals surface area contributed by atoms with Gasteiger partial charge in [-0.15, -0.1) is 0 Å². The summed E-state index contributed by atoms with van der Waals surface area (Å²) < 4.78 is 81.3. The van der Waals surface area contributed by atoms with Crippen LogP contribution >= 0.6 is 0 Å². The van der Waals surface area contributed by atoms with Crippen LogP contribution in [0.15, 0.2) is 24.8 Å². The fourth-order valence-corrected chi connectivity index (χ4v) is 5.48. The molecule has 2 fully saturated rings. The first kappa shape index (κ1) is 30.7. The molecule has 234 valence electrons. The Kier molecular flexibility index (Phi) is 8.92. The van der Waals surface area contributed by atoms with Crippen molar-refractivity contribution < 1.29 is 35.9 Å². The van der Waals surface area contributed by atoms with E-state index in [2.05, 4.69) is 30.8 Å². The normalized spacial score (nSPS) is 18.8. The molecule has 3 aromatic heterocycles. The topological polar surface area (TPSA) is 119 Å². The highest BCUT2D eigenvalue weighted by Gasteiger charge is 2.40. The second-order valence-electron chi connectivity index (χ2n) is 11.2. The summed E-state index contributed by atoms with van der Waals surface area (Å²) in [5.74, 6) is -4.48. The molecule has 0 spiro atoms. The van der Waals surface area contributed by atoms with Crippen molar-refractivity contribution in [2.24, 2.45) is 11.8 Å². The number of aromatic nitrogens is 6. The Hall–Kier alpha value is -3.72. The average molecular weight is 615 g/mol. The highest BCUT2D eigenvalue weighted by atomic mass is 19.4. The molecule has 3 aromatic rings. The van der Waals surface area contributed by atoms with E-state index >= 15 is 0 Å². The fraction of sp³-hybridized carbons (Fsp3) is 0.630. The van der Waals surface area contributed by atoms with Crippen molar-refractivity contribution in [2.75, 3.05) is 6.67 Å². The SMILES string of the molecule is O=C(CCC(F)(F)F)NC(c1cnn2cc([C@@H](NC(=O)c3ncnn3CCCF)C3CCC(F)(F)CC3)nc2c1)C1CC1. The third kappa shape index (κ3) is 7.82. The van der Waals surface area contributed by atoms with Gasteiger partial charge in [-0.25, -0.2) is 27.9 Å². The largest absolute Gasteiger partial charge is 0.389 e. The van der Waals surface area contributed by atoms with Gasteiger partial charge in [0.15, 0.2) is 5.65 Å². The number of fused-ring (bicyclic) bond motifs is 1. The van der Waals surface area contributed by atoms with E-state index in [0.29, 0.717) is 16.9 Å². The summed E-state index contributed by atoms with van der Waals surface area (Å²) in [5, 5.41) is 13.9. The molecular formula is C27H32F6N8O2. The molecule has 5 rings (SSSR count). The highest BCUT2D eigenvalue weighted by molar-refractivity contribution is 5.90. The minimum absolute atomic E-state index is 0.0442. The Morgan fingerprint density at radius 1 is 1.05 bits per heavy atom. The minimum atomic E-state index is -4.44. The number of alkyl halides is 6. The van der Waals surface area contributed by atoms with Crippen LogP contribution in [0.5, 0.6) is 0 Å². The molecule has 0 saturated heterocycles. The van der Waals surface area contributed by atoms with Gasteiger partial charge in [-0.3, -0.25) is 14.0 Å². The maximum atomic E-state index is 14.0. The summed E-state index contributed by atoms with van der Waals surface area (Å²) in [7, 11) is 0. The van der Waals surface area contributed by atoms with Crippen LogP contribution in [0, 0.1) is 11.8 Å². The molecule has 2 amide bonds. The molecule has 2 saturated carbocycles. The van der Waals surface area contributed by atoms with Crippen LogP contribution in [0.1, 0.15) is 91.7 Å². The second-order valence-corrected chi connectivity index (χ2v) is 11.2. The van der Waals surface area contributed by atoms with Gasteiger partial charge in [-0.1, -0.05) is 0 Å². The molecule has 0 aliphatic heterocycles. The van der Waals surface area contributed by atoms with Crippen molar-refractivity contribution in [3.8, 4) is 0 Å². The van der Waals surface area contributed by atoms with E-state index in [-0.39, 0.29) is 56.3 Å². The van der Waals surface area contributed by atoms with Gasteiger partial charge >= 0.3 is 6.18 Å². The molecule has 16 heteroatoms. The van der Waals surface area contributed by atoms with E-state index < -0.39 is 55.5 Å². The first-order valence-corrected chi connectivity index (χ1v) is 14.3. The molecule has 10 nitrogen and oxygen atoms in total. The summed E-state index contributed by atoms with van der Waals surface area (Å²) >= 11 is 0. The maximum absolute atomic E-state index is 14.0. The van der Waals surface area contributed by atoms with E-state index in [0.717, 1.165) is 12.8 Å². The lowest BCUT2D eigenvalue weighted by Gasteiger charge is -2.33. The standard InChI is InChI=1S/C27H32F6N8O2/c28-10-1-11-40-24(34-15-36-40)25(43)39-23(17-4-7-26(29,30)8-5-17)19-14-41-20(37-19)12-18(13-35-41)22(16-2-3-16)38-21(42)6-9-27(31,32)33/h12-17,22-23H,1-11H2,(H,38,42)(H,39,43)/t22?,23-/m0/s1. The first-order chi connectivity index (χ1) is 20.4. The minimum Gasteiger partial charge on any atom is -0.349 e. The van der Waals surface area contributed by atoms with E-state index in [1.807, 2.05) is 0 Å². The molecule has 0 bridgehead atoms. The quantitative estimate of drug-likeness (QED) is 0.281. The second kappa shape index (κ2) is 12.5.